The van der Waals surface area contributed by atoms with Gasteiger partial charge in [-0.15, -0.1) is 0 Å². The molecule has 0 aliphatic rings. The lowest BCUT2D eigenvalue weighted by molar-refractivity contribution is -0.383. The molecule has 0 atom stereocenters. The Kier molecular flexibility index (Phi) is 3.78. The SMILES string of the molecule is Nc1c[nH]c2ncc(F)cc12.O=[N+]([O-])c1c[nH]c2ncc(F)cc12. The van der Waals surface area contributed by atoms with Crippen molar-refractivity contribution in [1.29, 1.82) is 0 Å². The topological polar surface area (TPSA) is 127 Å². The quantitative estimate of drug-likeness (QED) is 0.365. The molecule has 0 saturated heterocycles. The summed E-state index contributed by atoms with van der Waals surface area (Å²) in [5.41, 5.74) is 6.79. The molecular weight excluding hydrogens is 322 g/mol. The van der Waals surface area contributed by atoms with Crippen molar-refractivity contribution in [2.24, 2.45) is 0 Å². The average Bonchev–Trinajstić information content (AvgIpc) is 3.12. The van der Waals surface area contributed by atoms with Crippen LogP contribution in [-0.2, 0) is 0 Å². The van der Waals surface area contributed by atoms with Crippen LogP contribution in [0.15, 0.2) is 36.9 Å². The molecule has 0 radical (unpaired) electrons. The molecule has 4 aromatic heterocycles. The molecule has 0 amide bonds. The van der Waals surface area contributed by atoms with Crippen molar-refractivity contribution >= 4 is 33.4 Å². The first-order valence-corrected chi connectivity index (χ1v) is 6.61. The molecule has 0 aromatic carbocycles. The Morgan fingerprint density at radius 2 is 1.54 bits per heavy atom. The van der Waals surface area contributed by atoms with E-state index in [2.05, 4.69) is 19.9 Å². The molecule has 0 bridgehead atoms. The van der Waals surface area contributed by atoms with E-state index in [9.17, 15) is 18.9 Å². The van der Waals surface area contributed by atoms with Gasteiger partial charge < -0.3 is 15.7 Å². The standard InChI is InChI=1S/C7H4FN3O2.C7H6FN3/c8-4-1-5-6(11(12)13)3-10-7(5)9-2-4;8-4-1-5-6(9)3-11-7(5)10-2-4/h1-3H,(H,9,10);1-3H,9H2,(H,10,11). The maximum atomic E-state index is 12.7. The van der Waals surface area contributed by atoms with Crippen LogP contribution in [0.2, 0.25) is 0 Å². The van der Waals surface area contributed by atoms with E-state index in [0.717, 1.165) is 18.5 Å². The van der Waals surface area contributed by atoms with Crippen molar-refractivity contribution in [3.8, 4) is 0 Å². The van der Waals surface area contributed by atoms with Gasteiger partial charge in [0, 0.05) is 11.6 Å². The number of hydrogen-bond donors (Lipinski definition) is 3. The second-order valence-corrected chi connectivity index (χ2v) is 4.77. The number of nitro groups is 1. The van der Waals surface area contributed by atoms with Gasteiger partial charge in [-0.3, -0.25) is 10.1 Å². The van der Waals surface area contributed by atoms with Crippen LogP contribution in [0.4, 0.5) is 20.2 Å². The molecule has 0 unspecified atom stereocenters. The Morgan fingerprint density at radius 1 is 1.00 bits per heavy atom. The molecule has 4 heterocycles. The zero-order chi connectivity index (χ0) is 17.3. The third kappa shape index (κ3) is 2.84. The number of nitrogens with one attached hydrogen (secondary N) is 2. The maximum Gasteiger partial charge on any atom is 0.296 e. The van der Waals surface area contributed by atoms with E-state index in [0.29, 0.717) is 22.4 Å². The Morgan fingerprint density at radius 3 is 2.17 bits per heavy atom. The lowest BCUT2D eigenvalue weighted by atomic mass is 10.3. The van der Waals surface area contributed by atoms with Gasteiger partial charge in [-0.05, 0) is 12.1 Å². The number of nitrogens with zero attached hydrogens (tertiary/aromatic N) is 3. The number of aromatic nitrogens is 4. The van der Waals surface area contributed by atoms with Crippen LogP contribution >= 0.6 is 0 Å². The summed E-state index contributed by atoms with van der Waals surface area (Å²) < 4.78 is 25.2. The Labute approximate surface area is 132 Å². The lowest BCUT2D eigenvalue weighted by Crippen LogP contribution is -1.86. The van der Waals surface area contributed by atoms with Crippen molar-refractivity contribution < 1.29 is 13.7 Å². The van der Waals surface area contributed by atoms with E-state index in [1.54, 1.807) is 6.20 Å². The Balaban J connectivity index is 0.000000143. The number of anilines is 1. The third-order valence-electron chi connectivity index (χ3n) is 3.20. The summed E-state index contributed by atoms with van der Waals surface area (Å²) in [5.74, 6) is -0.959. The summed E-state index contributed by atoms with van der Waals surface area (Å²) in [7, 11) is 0. The predicted molar refractivity (Wildman–Crippen MR) is 83.2 cm³/mol. The summed E-state index contributed by atoms with van der Waals surface area (Å²) >= 11 is 0. The number of aromatic amines is 2. The molecule has 8 nitrogen and oxygen atoms in total. The molecule has 4 N–H and O–H groups in total. The minimum Gasteiger partial charge on any atom is -0.397 e. The largest absolute Gasteiger partial charge is 0.397 e. The highest BCUT2D eigenvalue weighted by molar-refractivity contribution is 5.88. The van der Waals surface area contributed by atoms with Crippen LogP contribution in [0.5, 0.6) is 0 Å². The fraction of sp³-hybridized carbons (Fsp3) is 0. The second-order valence-electron chi connectivity index (χ2n) is 4.77. The van der Waals surface area contributed by atoms with Gasteiger partial charge in [0.2, 0.25) is 0 Å². The van der Waals surface area contributed by atoms with Gasteiger partial charge >= 0.3 is 0 Å². The summed E-state index contributed by atoms with van der Waals surface area (Å²) in [6.45, 7) is 0. The number of rotatable bonds is 1. The summed E-state index contributed by atoms with van der Waals surface area (Å²) in [4.78, 5) is 22.7. The minimum atomic E-state index is -0.588. The van der Waals surface area contributed by atoms with Crippen molar-refractivity contribution in [2.45, 2.75) is 0 Å². The van der Waals surface area contributed by atoms with Gasteiger partial charge in [-0.25, -0.2) is 18.7 Å². The average molecular weight is 332 g/mol. The van der Waals surface area contributed by atoms with Crippen molar-refractivity contribution in [1.82, 2.24) is 19.9 Å². The molecule has 10 heteroatoms. The first kappa shape index (κ1) is 15.3. The first-order chi connectivity index (χ1) is 11.5. The van der Waals surface area contributed by atoms with Gasteiger partial charge in [0.1, 0.15) is 22.9 Å². The van der Waals surface area contributed by atoms with Gasteiger partial charge in [-0.1, -0.05) is 0 Å². The van der Waals surface area contributed by atoms with Crippen molar-refractivity contribution in [3.63, 3.8) is 0 Å². The third-order valence-corrected chi connectivity index (χ3v) is 3.20. The lowest BCUT2D eigenvalue weighted by Gasteiger charge is -1.89. The number of nitrogens with two attached hydrogens (primary N) is 1. The summed E-state index contributed by atoms with van der Waals surface area (Å²) in [6, 6.07) is 2.44. The van der Waals surface area contributed by atoms with E-state index < -0.39 is 10.7 Å². The minimum absolute atomic E-state index is 0.165. The zero-order valence-corrected chi connectivity index (χ0v) is 12.0. The highest BCUT2D eigenvalue weighted by Gasteiger charge is 2.14. The van der Waals surface area contributed by atoms with Crippen molar-refractivity contribution in [3.05, 3.63) is 58.7 Å². The van der Waals surface area contributed by atoms with Gasteiger partial charge in [0.15, 0.2) is 0 Å². The first-order valence-electron chi connectivity index (χ1n) is 6.61. The number of nitrogen functional groups attached to an aromatic ring is 1. The number of pyridine rings is 2. The number of fused-ring (bicyclic) bond motifs is 2. The molecule has 0 fully saturated rings. The van der Waals surface area contributed by atoms with Crippen LogP contribution in [0.3, 0.4) is 0 Å². The van der Waals surface area contributed by atoms with E-state index in [4.69, 9.17) is 5.73 Å². The molecule has 24 heavy (non-hydrogen) atoms. The molecule has 0 aliphatic heterocycles. The number of H-pyrrole nitrogens is 2. The molecule has 4 aromatic rings. The maximum absolute atomic E-state index is 12.7. The van der Waals surface area contributed by atoms with E-state index >= 15 is 0 Å². The molecular formula is C14H10F2N6O2. The van der Waals surface area contributed by atoms with Crippen LogP contribution in [0.1, 0.15) is 0 Å². The van der Waals surface area contributed by atoms with Crippen LogP contribution < -0.4 is 5.73 Å². The molecule has 0 spiro atoms. The van der Waals surface area contributed by atoms with Gasteiger partial charge in [0.25, 0.3) is 5.69 Å². The van der Waals surface area contributed by atoms with Crippen LogP contribution in [-0.4, -0.2) is 24.9 Å². The zero-order valence-electron chi connectivity index (χ0n) is 12.0. The fourth-order valence-electron chi connectivity index (χ4n) is 2.11. The van der Waals surface area contributed by atoms with Crippen molar-refractivity contribution in [2.75, 3.05) is 5.73 Å². The summed E-state index contributed by atoms with van der Waals surface area (Å²) in [6.07, 6.45) is 4.94. The molecule has 4 rings (SSSR count). The highest BCUT2D eigenvalue weighted by Crippen LogP contribution is 2.23. The summed E-state index contributed by atoms with van der Waals surface area (Å²) in [5, 5.41) is 11.2. The predicted octanol–water partition coefficient (Wildman–Crippen LogP) is 2.89. The second kappa shape index (κ2) is 5.91. The highest BCUT2D eigenvalue weighted by atomic mass is 19.1. The number of halogens is 2. The Bertz CT molecular complexity index is 1040. The smallest absolute Gasteiger partial charge is 0.296 e. The molecule has 0 aliphatic carbocycles. The normalized spacial score (nSPS) is 10.6. The van der Waals surface area contributed by atoms with Gasteiger partial charge in [0.05, 0.1) is 34.6 Å². The molecule has 0 saturated carbocycles. The van der Waals surface area contributed by atoms with E-state index in [1.807, 2.05) is 0 Å². The van der Waals surface area contributed by atoms with Crippen LogP contribution in [0.25, 0.3) is 22.1 Å². The molecule has 122 valence electrons. The van der Waals surface area contributed by atoms with E-state index in [-0.39, 0.29) is 16.9 Å². The van der Waals surface area contributed by atoms with Gasteiger partial charge in [-0.2, -0.15) is 0 Å². The van der Waals surface area contributed by atoms with E-state index in [1.165, 1.54) is 12.3 Å². The number of hydrogen-bond acceptors (Lipinski definition) is 5. The van der Waals surface area contributed by atoms with Crippen LogP contribution in [0, 0.1) is 21.7 Å². The fourth-order valence-corrected chi connectivity index (χ4v) is 2.11. The Hall–Kier alpha value is -3.56. The monoisotopic (exact) mass is 332 g/mol.